The second-order valence-corrected chi connectivity index (χ2v) is 7.06. The van der Waals surface area contributed by atoms with Crippen LogP contribution in [-0.4, -0.2) is 64.1 Å². The van der Waals surface area contributed by atoms with Gasteiger partial charge in [-0.05, 0) is 44.0 Å². The summed E-state index contributed by atoms with van der Waals surface area (Å²) < 4.78 is 1.67. The van der Waals surface area contributed by atoms with Crippen LogP contribution in [0, 0.1) is 13.8 Å². The molecule has 7 nitrogen and oxygen atoms in total. The predicted octanol–water partition coefficient (Wildman–Crippen LogP) is 1.84. The summed E-state index contributed by atoms with van der Waals surface area (Å²) >= 11 is 0. The summed E-state index contributed by atoms with van der Waals surface area (Å²) in [5.41, 5.74) is 3.11. The second kappa shape index (κ2) is 8.35. The molecule has 0 saturated carbocycles. The van der Waals surface area contributed by atoms with Gasteiger partial charge < -0.3 is 10.2 Å². The molecule has 0 aliphatic carbocycles. The van der Waals surface area contributed by atoms with Crippen molar-refractivity contribution < 1.29 is 9.59 Å². The highest BCUT2D eigenvalue weighted by molar-refractivity contribution is 5.93. The molecule has 0 spiro atoms. The Labute approximate surface area is 159 Å². The number of aryl methyl sites for hydroxylation is 1. The minimum Gasteiger partial charge on any atom is -0.338 e. The molecule has 0 bridgehead atoms. The van der Waals surface area contributed by atoms with Crippen molar-refractivity contribution in [3.05, 3.63) is 47.8 Å². The fraction of sp³-hybridized carbons (Fsp3) is 0.450. The lowest BCUT2D eigenvalue weighted by Crippen LogP contribution is -2.51. The Morgan fingerprint density at radius 1 is 1.15 bits per heavy atom. The van der Waals surface area contributed by atoms with E-state index in [0.29, 0.717) is 32.7 Å². The summed E-state index contributed by atoms with van der Waals surface area (Å²) in [6.07, 6.45) is 3.48. The molecule has 2 aromatic rings. The average Bonchev–Trinajstić information content (AvgIpc) is 3.19. The van der Waals surface area contributed by atoms with Crippen LogP contribution in [0.3, 0.4) is 0 Å². The molecule has 27 heavy (non-hydrogen) atoms. The highest BCUT2D eigenvalue weighted by Crippen LogP contribution is 2.18. The molecule has 1 fully saturated rings. The molecule has 3 rings (SSSR count). The smallest absolute Gasteiger partial charge is 0.247 e. The molecule has 0 unspecified atom stereocenters. The number of carbonyl (C=O) groups excluding carboxylic acids is 2. The maximum atomic E-state index is 12.6. The van der Waals surface area contributed by atoms with Crippen LogP contribution in [0.5, 0.6) is 0 Å². The zero-order valence-corrected chi connectivity index (χ0v) is 16.2. The fourth-order valence-electron chi connectivity index (χ4n) is 3.29. The Kier molecular flexibility index (Phi) is 5.91. The summed E-state index contributed by atoms with van der Waals surface area (Å²) in [6, 6.07) is 7.41. The Bertz CT molecular complexity index is 795. The molecule has 144 valence electrons. The average molecular weight is 369 g/mol. The summed E-state index contributed by atoms with van der Waals surface area (Å²) in [6.45, 7) is 8.88. The lowest BCUT2D eigenvalue weighted by atomic mass is 10.1. The van der Waals surface area contributed by atoms with Gasteiger partial charge in [-0.15, -0.1) is 0 Å². The van der Waals surface area contributed by atoms with Crippen LogP contribution in [-0.2, 0) is 9.59 Å². The van der Waals surface area contributed by atoms with E-state index >= 15 is 0 Å². The number of aromatic nitrogens is 2. The SMILES string of the molecule is Cc1cccc(NC(=O)CN2CCN(C(=O)[C@H](C)n3cccn3)CC2)c1C. The Hall–Kier alpha value is -2.67. The molecule has 1 N–H and O–H groups in total. The number of anilines is 1. The third-order valence-electron chi connectivity index (χ3n) is 5.21. The van der Waals surface area contributed by atoms with Crippen molar-refractivity contribution in [1.82, 2.24) is 19.6 Å². The van der Waals surface area contributed by atoms with Gasteiger partial charge in [-0.25, -0.2) is 0 Å². The van der Waals surface area contributed by atoms with E-state index in [0.717, 1.165) is 16.8 Å². The molecule has 1 aromatic heterocycles. The van der Waals surface area contributed by atoms with Crippen molar-refractivity contribution in [2.75, 3.05) is 38.0 Å². The summed E-state index contributed by atoms with van der Waals surface area (Å²) in [5.74, 6) is 0.0478. The van der Waals surface area contributed by atoms with E-state index in [1.807, 2.05) is 49.9 Å². The summed E-state index contributed by atoms with van der Waals surface area (Å²) in [7, 11) is 0. The molecular weight excluding hydrogens is 342 g/mol. The lowest BCUT2D eigenvalue weighted by molar-refractivity contribution is -0.136. The van der Waals surface area contributed by atoms with Crippen LogP contribution in [0.15, 0.2) is 36.7 Å². The van der Waals surface area contributed by atoms with Crippen molar-refractivity contribution in [2.45, 2.75) is 26.8 Å². The number of hydrogen-bond donors (Lipinski definition) is 1. The van der Waals surface area contributed by atoms with Crippen LogP contribution in [0.2, 0.25) is 0 Å². The van der Waals surface area contributed by atoms with Crippen LogP contribution < -0.4 is 5.32 Å². The van der Waals surface area contributed by atoms with Gasteiger partial charge in [-0.3, -0.25) is 19.2 Å². The van der Waals surface area contributed by atoms with Gasteiger partial charge in [0.15, 0.2) is 0 Å². The fourth-order valence-corrected chi connectivity index (χ4v) is 3.29. The number of benzene rings is 1. The van der Waals surface area contributed by atoms with Crippen molar-refractivity contribution >= 4 is 17.5 Å². The molecule has 1 aromatic carbocycles. The van der Waals surface area contributed by atoms with E-state index in [4.69, 9.17) is 0 Å². The third kappa shape index (κ3) is 4.54. The van der Waals surface area contributed by atoms with Gasteiger partial charge in [0.2, 0.25) is 11.8 Å². The van der Waals surface area contributed by atoms with Gasteiger partial charge in [0.05, 0.1) is 6.54 Å². The minimum atomic E-state index is -0.306. The normalized spacial score (nSPS) is 16.2. The first-order valence-electron chi connectivity index (χ1n) is 9.32. The molecule has 7 heteroatoms. The molecule has 2 amide bonds. The second-order valence-electron chi connectivity index (χ2n) is 7.06. The quantitative estimate of drug-likeness (QED) is 0.873. The Morgan fingerprint density at radius 3 is 2.56 bits per heavy atom. The maximum absolute atomic E-state index is 12.6. The van der Waals surface area contributed by atoms with Crippen LogP contribution in [0.4, 0.5) is 5.69 Å². The van der Waals surface area contributed by atoms with Gasteiger partial charge in [-0.1, -0.05) is 12.1 Å². The molecule has 1 atom stereocenters. The van der Waals surface area contributed by atoms with E-state index in [-0.39, 0.29) is 17.9 Å². The van der Waals surface area contributed by atoms with Gasteiger partial charge in [-0.2, -0.15) is 5.10 Å². The number of hydrogen-bond acceptors (Lipinski definition) is 4. The lowest BCUT2D eigenvalue weighted by Gasteiger charge is -2.35. The number of rotatable bonds is 5. The number of nitrogens with zero attached hydrogens (tertiary/aromatic N) is 4. The number of piperazine rings is 1. The molecule has 1 aliphatic rings. The highest BCUT2D eigenvalue weighted by atomic mass is 16.2. The third-order valence-corrected chi connectivity index (χ3v) is 5.21. The molecule has 1 saturated heterocycles. The van der Waals surface area contributed by atoms with Gasteiger partial charge in [0, 0.05) is 44.3 Å². The van der Waals surface area contributed by atoms with Gasteiger partial charge in [0.25, 0.3) is 0 Å². The van der Waals surface area contributed by atoms with Crippen LogP contribution in [0.25, 0.3) is 0 Å². The van der Waals surface area contributed by atoms with Crippen molar-refractivity contribution in [1.29, 1.82) is 0 Å². The van der Waals surface area contributed by atoms with Crippen molar-refractivity contribution in [2.24, 2.45) is 0 Å². The number of nitrogens with one attached hydrogen (secondary N) is 1. The van der Waals surface area contributed by atoms with Crippen LogP contribution >= 0.6 is 0 Å². The molecule has 2 heterocycles. The summed E-state index contributed by atoms with van der Waals surface area (Å²) in [4.78, 5) is 28.9. The number of amides is 2. The predicted molar refractivity (Wildman–Crippen MR) is 105 cm³/mol. The van der Waals surface area contributed by atoms with E-state index in [1.165, 1.54) is 0 Å². The van der Waals surface area contributed by atoms with Crippen LogP contribution in [0.1, 0.15) is 24.1 Å². The minimum absolute atomic E-state index is 0.0200. The standard InChI is InChI=1S/C20H27N5O2/c1-15-6-4-7-18(16(15)2)22-19(26)14-23-10-12-24(13-11-23)20(27)17(3)25-9-5-8-21-25/h4-9,17H,10-14H2,1-3H3,(H,22,26)/t17-/m0/s1. The van der Waals surface area contributed by atoms with Gasteiger partial charge >= 0.3 is 0 Å². The summed E-state index contributed by atoms with van der Waals surface area (Å²) in [5, 5.41) is 7.14. The largest absolute Gasteiger partial charge is 0.338 e. The molecule has 1 aliphatic heterocycles. The van der Waals surface area contributed by atoms with Gasteiger partial charge in [0.1, 0.15) is 6.04 Å². The van der Waals surface area contributed by atoms with E-state index < -0.39 is 0 Å². The van der Waals surface area contributed by atoms with E-state index in [1.54, 1.807) is 17.1 Å². The van der Waals surface area contributed by atoms with E-state index in [2.05, 4.69) is 15.3 Å². The van der Waals surface area contributed by atoms with Crippen molar-refractivity contribution in [3.63, 3.8) is 0 Å². The highest BCUT2D eigenvalue weighted by Gasteiger charge is 2.26. The molecule has 0 radical (unpaired) electrons. The zero-order chi connectivity index (χ0) is 19.4. The topological polar surface area (TPSA) is 70.5 Å². The maximum Gasteiger partial charge on any atom is 0.247 e. The number of carbonyl (C=O) groups is 2. The monoisotopic (exact) mass is 369 g/mol. The zero-order valence-electron chi connectivity index (χ0n) is 16.2. The Balaban J connectivity index is 1.48. The van der Waals surface area contributed by atoms with Crippen molar-refractivity contribution in [3.8, 4) is 0 Å². The van der Waals surface area contributed by atoms with E-state index in [9.17, 15) is 9.59 Å². The first-order valence-corrected chi connectivity index (χ1v) is 9.32. The Morgan fingerprint density at radius 2 is 1.89 bits per heavy atom. The first-order chi connectivity index (χ1) is 13.0. The first kappa shape index (κ1) is 19.1. The molecular formula is C20H27N5O2.